The summed E-state index contributed by atoms with van der Waals surface area (Å²) in [6, 6.07) is 136. The molecule has 100 heavy (non-hydrogen) atoms. The number of fused-ring (bicyclic) bond motifs is 14. The SMILES string of the molecule is C(=C\c1ccc2c(c1)c1ccccc1n2-c1cccc2ccccc12)/c1ccc2c(c1)C(c1ccccc1)(c1ccccc1)c1cc(-c3ccc4c(c3)C(c3ccccc3)(c3ccccc3)c3cc(/C=C/c5ccc6c(c5)c5ccccc5n6-c5cccc6ccccc56)ccc3-4)ccc1-2. The summed E-state index contributed by atoms with van der Waals surface area (Å²) in [5.41, 5.74) is 27.9. The maximum absolute atomic E-state index is 2.52. The van der Waals surface area contributed by atoms with Crippen molar-refractivity contribution in [3.05, 3.63) is 431 Å². The smallest absolute Gasteiger partial charge is 0.0713 e. The molecule has 0 atom stereocenters. The molecule has 0 amide bonds. The lowest BCUT2D eigenvalue weighted by atomic mass is 9.66. The Morgan fingerprint density at radius 1 is 0.200 bits per heavy atom. The molecule has 0 bridgehead atoms. The highest BCUT2D eigenvalue weighted by atomic mass is 15.0. The Balaban J connectivity index is 0.697. The molecule has 0 N–H and O–H groups in total. The molecule has 466 valence electrons. The fraction of sp³-hybridized carbons (Fsp3) is 0.0204. The second-order valence-corrected chi connectivity index (χ2v) is 27.0. The first-order chi connectivity index (χ1) is 49.6. The highest BCUT2D eigenvalue weighted by Crippen LogP contribution is 2.60. The summed E-state index contributed by atoms with van der Waals surface area (Å²) in [6.45, 7) is 0. The Morgan fingerprint density at radius 3 is 0.880 bits per heavy atom. The van der Waals surface area contributed by atoms with Crippen LogP contribution in [0.15, 0.2) is 364 Å². The van der Waals surface area contributed by atoms with E-state index >= 15 is 0 Å². The number of para-hydroxylation sites is 2. The molecule has 0 radical (unpaired) electrons. The molecule has 18 aromatic rings. The van der Waals surface area contributed by atoms with Gasteiger partial charge < -0.3 is 9.13 Å². The van der Waals surface area contributed by atoms with Crippen LogP contribution in [0, 0.1) is 0 Å². The molecule has 0 saturated carbocycles. The predicted molar refractivity (Wildman–Crippen MR) is 421 cm³/mol. The van der Waals surface area contributed by atoms with Gasteiger partial charge >= 0.3 is 0 Å². The maximum Gasteiger partial charge on any atom is 0.0713 e. The molecular formula is C98H64N2. The van der Waals surface area contributed by atoms with Crippen molar-refractivity contribution in [1.82, 2.24) is 9.13 Å². The Kier molecular flexibility index (Phi) is 13.1. The highest BCUT2D eigenvalue weighted by molar-refractivity contribution is 6.13. The number of benzene rings is 16. The summed E-state index contributed by atoms with van der Waals surface area (Å²) in [4.78, 5) is 0. The van der Waals surface area contributed by atoms with E-state index in [4.69, 9.17) is 0 Å². The van der Waals surface area contributed by atoms with E-state index in [-0.39, 0.29) is 0 Å². The minimum Gasteiger partial charge on any atom is -0.309 e. The summed E-state index contributed by atoms with van der Waals surface area (Å²) in [5, 5.41) is 9.89. The van der Waals surface area contributed by atoms with E-state index < -0.39 is 10.8 Å². The van der Waals surface area contributed by atoms with Crippen LogP contribution >= 0.6 is 0 Å². The quantitative estimate of drug-likeness (QED) is 0.114. The Morgan fingerprint density at radius 2 is 0.490 bits per heavy atom. The van der Waals surface area contributed by atoms with Crippen LogP contribution in [0.3, 0.4) is 0 Å². The van der Waals surface area contributed by atoms with Crippen LogP contribution in [0.1, 0.15) is 66.8 Å². The number of nitrogens with zero attached hydrogens (tertiary/aromatic N) is 2. The van der Waals surface area contributed by atoms with Crippen molar-refractivity contribution in [3.8, 4) is 44.8 Å². The van der Waals surface area contributed by atoms with Gasteiger partial charge in [0.25, 0.3) is 0 Å². The fourth-order valence-corrected chi connectivity index (χ4v) is 17.5. The van der Waals surface area contributed by atoms with Crippen molar-refractivity contribution in [2.75, 3.05) is 0 Å². The summed E-state index contributed by atoms with van der Waals surface area (Å²) in [6.07, 6.45) is 9.20. The zero-order valence-corrected chi connectivity index (χ0v) is 54.8. The first-order valence-corrected chi connectivity index (χ1v) is 34.8. The van der Waals surface area contributed by atoms with Gasteiger partial charge in [0.05, 0.1) is 44.3 Å². The fourth-order valence-electron chi connectivity index (χ4n) is 17.5. The van der Waals surface area contributed by atoms with E-state index in [1.807, 2.05) is 0 Å². The van der Waals surface area contributed by atoms with Gasteiger partial charge in [0.15, 0.2) is 0 Å². The van der Waals surface area contributed by atoms with Crippen molar-refractivity contribution in [3.63, 3.8) is 0 Å². The van der Waals surface area contributed by atoms with Crippen molar-refractivity contribution >= 4 is 89.5 Å². The largest absolute Gasteiger partial charge is 0.309 e. The topological polar surface area (TPSA) is 9.86 Å². The van der Waals surface area contributed by atoms with E-state index in [9.17, 15) is 0 Å². The van der Waals surface area contributed by atoms with Crippen molar-refractivity contribution in [2.45, 2.75) is 10.8 Å². The van der Waals surface area contributed by atoms with Crippen molar-refractivity contribution in [1.29, 1.82) is 0 Å². The summed E-state index contributed by atoms with van der Waals surface area (Å²) < 4.78 is 4.88. The zero-order valence-electron chi connectivity index (χ0n) is 54.8. The summed E-state index contributed by atoms with van der Waals surface area (Å²) in [5.74, 6) is 0. The monoisotopic (exact) mass is 1270 g/mol. The van der Waals surface area contributed by atoms with Gasteiger partial charge in [-0.1, -0.05) is 315 Å². The average Bonchev–Trinajstić information content (AvgIpc) is 1.53. The standard InChI is InChI=1S/C98H64N2/c1-5-27-73(28-6-1)97(74-29-7-2-8-30-74)87-61-67(45-43-65-49-57-95-85(59-65)83-37-17-19-39-93(83)99(95)91-41-21-25-69-23-13-15-35-77(69)91)47-53-79(87)81-55-51-71(63-89(81)97)72-52-56-82-80-54-48-68(62-88(80)98(90(82)64-72,75-31-9-3-10-32-75)76-33-11-4-12-34-76)46-44-66-50-58-96-86(60-66)84-38-18-20-40-94(84)100(96)92-42-22-26-70-24-14-16-36-78(70)92/h1-64H/b45-43+,46-44+. The number of aromatic nitrogens is 2. The molecule has 2 heteroatoms. The third-order valence-electron chi connectivity index (χ3n) is 21.8. The zero-order chi connectivity index (χ0) is 65.9. The Bertz CT molecular complexity index is 5900. The number of hydrogen-bond donors (Lipinski definition) is 0. The second-order valence-electron chi connectivity index (χ2n) is 27.0. The average molecular weight is 1270 g/mol. The van der Waals surface area contributed by atoms with E-state index in [1.165, 1.54) is 154 Å². The van der Waals surface area contributed by atoms with Crippen LogP contribution in [0.2, 0.25) is 0 Å². The molecule has 16 aromatic carbocycles. The summed E-state index contributed by atoms with van der Waals surface area (Å²) in [7, 11) is 0. The molecule has 2 aliphatic carbocycles. The van der Waals surface area contributed by atoms with Crippen LogP contribution in [-0.4, -0.2) is 9.13 Å². The molecule has 0 unspecified atom stereocenters. The lowest BCUT2D eigenvalue weighted by Gasteiger charge is -2.35. The van der Waals surface area contributed by atoms with Gasteiger partial charge in [0.2, 0.25) is 0 Å². The Hall–Kier alpha value is -12.9. The van der Waals surface area contributed by atoms with Crippen LogP contribution in [0.4, 0.5) is 0 Å². The third-order valence-corrected chi connectivity index (χ3v) is 21.8. The number of rotatable bonds is 11. The van der Waals surface area contributed by atoms with Gasteiger partial charge in [-0.2, -0.15) is 0 Å². The van der Waals surface area contributed by atoms with Gasteiger partial charge in [0, 0.05) is 32.3 Å². The van der Waals surface area contributed by atoms with Crippen LogP contribution in [-0.2, 0) is 10.8 Å². The van der Waals surface area contributed by atoms with Gasteiger partial charge in [0.1, 0.15) is 0 Å². The first-order valence-electron chi connectivity index (χ1n) is 34.8. The van der Waals surface area contributed by atoms with E-state index in [2.05, 4.69) is 397 Å². The van der Waals surface area contributed by atoms with E-state index in [0.717, 1.165) is 22.3 Å². The molecular weight excluding hydrogens is 1210 g/mol. The second kappa shape index (κ2) is 22.9. The summed E-state index contributed by atoms with van der Waals surface area (Å²) >= 11 is 0. The van der Waals surface area contributed by atoms with E-state index in [1.54, 1.807) is 0 Å². The molecule has 0 fully saturated rings. The maximum atomic E-state index is 2.52. The van der Waals surface area contributed by atoms with E-state index in [0.29, 0.717) is 0 Å². The van der Waals surface area contributed by atoms with Gasteiger partial charge in [-0.3, -0.25) is 0 Å². The first kappa shape index (κ1) is 57.4. The lowest BCUT2D eigenvalue weighted by Crippen LogP contribution is -2.29. The Labute approximate surface area is 581 Å². The number of hydrogen-bond acceptors (Lipinski definition) is 0. The minimum atomic E-state index is -0.633. The minimum absolute atomic E-state index is 0.633. The van der Waals surface area contributed by atoms with Gasteiger partial charge in [-0.05, 0) is 184 Å². The highest BCUT2D eigenvalue weighted by Gasteiger charge is 2.48. The molecule has 0 saturated heterocycles. The van der Waals surface area contributed by atoms with Crippen molar-refractivity contribution < 1.29 is 0 Å². The van der Waals surface area contributed by atoms with Crippen molar-refractivity contribution in [2.24, 2.45) is 0 Å². The molecule has 20 rings (SSSR count). The molecule has 2 aromatic heterocycles. The van der Waals surface area contributed by atoms with Gasteiger partial charge in [-0.25, -0.2) is 0 Å². The van der Waals surface area contributed by atoms with Crippen LogP contribution < -0.4 is 0 Å². The lowest BCUT2D eigenvalue weighted by molar-refractivity contribution is 0.767. The normalized spacial score (nSPS) is 13.5. The van der Waals surface area contributed by atoms with Gasteiger partial charge in [-0.15, -0.1) is 0 Å². The predicted octanol–water partition coefficient (Wildman–Crippen LogP) is 24.9. The molecule has 2 heterocycles. The van der Waals surface area contributed by atoms with Crippen LogP contribution in [0.25, 0.3) is 134 Å². The molecule has 2 nitrogen and oxygen atoms in total. The molecule has 2 aliphatic rings. The van der Waals surface area contributed by atoms with Crippen LogP contribution in [0.5, 0.6) is 0 Å². The third kappa shape index (κ3) is 8.70. The molecule has 0 spiro atoms. The molecule has 0 aliphatic heterocycles.